The quantitative estimate of drug-likeness (QED) is 0.869. The van der Waals surface area contributed by atoms with Crippen LogP contribution in [0.1, 0.15) is 74.3 Å². The lowest BCUT2D eigenvalue weighted by Gasteiger charge is -2.36. The third-order valence-electron chi connectivity index (χ3n) is 5.07. The number of hydrogen-bond donors (Lipinski definition) is 2. The Labute approximate surface area is 137 Å². The van der Waals surface area contributed by atoms with Crippen molar-refractivity contribution in [1.82, 2.24) is 15.1 Å². The van der Waals surface area contributed by atoms with Crippen molar-refractivity contribution in [1.29, 1.82) is 0 Å². The Balaban J connectivity index is 1.74. The standard InChI is InChI=1S/C17H27N3O3/c1-4-20-15(13-10-11(2)23-12(3)14(13)19-20)16(21)18-9-8-17(22)6-5-7-17/h11-12,22H,4-10H2,1-3H3,(H,18,21)/t11-,12+/m0/s1. The number of ether oxygens (including phenoxy) is 1. The molecule has 0 saturated heterocycles. The van der Waals surface area contributed by atoms with Gasteiger partial charge in [0, 0.05) is 25.1 Å². The molecule has 1 aromatic rings. The molecule has 0 aromatic carbocycles. The number of aromatic nitrogens is 2. The van der Waals surface area contributed by atoms with Crippen LogP contribution in [0.25, 0.3) is 0 Å². The highest BCUT2D eigenvalue weighted by Gasteiger charge is 2.35. The van der Waals surface area contributed by atoms with Gasteiger partial charge in [0.1, 0.15) is 5.69 Å². The first-order valence-corrected chi connectivity index (χ1v) is 8.69. The van der Waals surface area contributed by atoms with Gasteiger partial charge in [0.15, 0.2) is 0 Å². The minimum atomic E-state index is -0.561. The summed E-state index contributed by atoms with van der Waals surface area (Å²) in [5.41, 5.74) is 1.99. The van der Waals surface area contributed by atoms with E-state index in [1.165, 1.54) is 0 Å². The predicted octanol–water partition coefficient (Wildman–Crippen LogP) is 1.96. The van der Waals surface area contributed by atoms with Crippen LogP contribution in [-0.4, -0.2) is 39.0 Å². The molecule has 0 bridgehead atoms. The van der Waals surface area contributed by atoms with Crippen molar-refractivity contribution in [2.75, 3.05) is 6.54 Å². The predicted molar refractivity (Wildman–Crippen MR) is 86.3 cm³/mol. The van der Waals surface area contributed by atoms with Gasteiger partial charge in [0.2, 0.25) is 0 Å². The molecule has 6 heteroatoms. The highest BCUT2D eigenvalue weighted by atomic mass is 16.5. The molecule has 1 saturated carbocycles. The van der Waals surface area contributed by atoms with Gasteiger partial charge in [-0.3, -0.25) is 9.48 Å². The van der Waals surface area contributed by atoms with Crippen LogP contribution in [0, 0.1) is 0 Å². The van der Waals surface area contributed by atoms with E-state index in [1.54, 1.807) is 4.68 Å². The number of aryl methyl sites for hydroxylation is 1. The highest BCUT2D eigenvalue weighted by Crippen LogP contribution is 2.34. The van der Waals surface area contributed by atoms with Crippen molar-refractivity contribution in [3.63, 3.8) is 0 Å². The molecule has 0 spiro atoms. The minimum absolute atomic E-state index is 0.0798. The Kier molecular flexibility index (Phi) is 4.47. The number of aliphatic hydroxyl groups is 1. The number of hydrogen-bond acceptors (Lipinski definition) is 4. The average molecular weight is 321 g/mol. The van der Waals surface area contributed by atoms with Crippen LogP contribution in [0.3, 0.4) is 0 Å². The molecule has 2 atom stereocenters. The van der Waals surface area contributed by atoms with E-state index in [2.05, 4.69) is 10.4 Å². The summed E-state index contributed by atoms with van der Waals surface area (Å²) in [7, 11) is 0. The maximum Gasteiger partial charge on any atom is 0.269 e. The second-order valence-corrected chi connectivity index (χ2v) is 6.91. The fourth-order valence-electron chi connectivity index (χ4n) is 3.60. The van der Waals surface area contributed by atoms with Crippen LogP contribution < -0.4 is 5.32 Å². The van der Waals surface area contributed by atoms with Gasteiger partial charge in [0.25, 0.3) is 5.91 Å². The topological polar surface area (TPSA) is 76.4 Å². The highest BCUT2D eigenvalue weighted by molar-refractivity contribution is 5.94. The molecule has 1 fully saturated rings. The van der Waals surface area contributed by atoms with Crippen molar-refractivity contribution in [2.24, 2.45) is 0 Å². The van der Waals surface area contributed by atoms with Crippen LogP contribution in [0.4, 0.5) is 0 Å². The normalized spacial score (nSPS) is 25.6. The fraction of sp³-hybridized carbons (Fsp3) is 0.765. The number of fused-ring (bicyclic) bond motifs is 1. The molecule has 128 valence electrons. The maximum atomic E-state index is 12.7. The Hall–Kier alpha value is -1.40. The molecule has 2 heterocycles. The van der Waals surface area contributed by atoms with Crippen molar-refractivity contribution in [3.05, 3.63) is 17.0 Å². The lowest BCUT2D eigenvalue weighted by atomic mass is 9.78. The zero-order valence-electron chi connectivity index (χ0n) is 14.3. The first-order chi connectivity index (χ1) is 10.9. The third-order valence-corrected chi connectivity index (χ3v) is 5.07. The van der Waals surface area contributed by atoms with Crippen molar-refractivity contribution < 1.29 is 14.6 Å². The van der Waals surface area contributed by atoms with Crippen LogP contribution in [0.2, 0.25) is 0 Å². The zero-order valence-corrected chi connectivity index (χ0v) is 14.3. The zero-order chi connectivity index (χ0) is 16.6. The van der Waals surface area contributed by atoms with Gasteiger partial charge in [-0.05, 0) is 46.5 Å². The van der Waals surface area contributed by atoms with Gasteiger partial charge in [-0.25, -0.2) is 0 Å². The Bertz CT molecular complexity index is 592. The Morgan fingerprint density at radius 2 is 2.22 bits per heavy atom. The molecule has 2 aliphatic rings. The molecule has 1 aliphatic carbocycles. The number of carbonyl (C=O) groups excluding carboxylic acids is 1. The largest absolute Gasteiger partial charge is 0.390 e. The second kappa shape index (κ2) is 6.24. The van der Waals surface area contributed by atoms with E-state index in [-0.39, 0.29) is 18.1 Å². The smallest absolute Gasteiger partial charge is 0.269 e. The first-order valence-electron chi connectivity index (χ1n) is 8.69. The van der Waals surface area contributed by atoms with Gasteiger partial charge >= 0.3 is 0 Å². The van der Waals surface area contributed by atoms with E-state index in [0.29, 0.717) is 31.6 Å². The minimum Gasteiger partial charge on any atom is -0.390 e. The third kappa shape index (κ3) is 3.15. The fourth-order valence-corrected chi connectivity index (χ4v) is 3.60. The van der Waals surface area contributed by atoms with E-state index >= 15 is 0 Å². The molecule has 2 N–H and O–H groups in total. The van der Waals surface area contributed by atoms with E-state index in [9.17, 15) is 9.90 Å². The summed E-state index contributed by atoms with van der Waals surface area (Å²) >= 11 is 0. The van der Waals surface area contributed by atoms with Gasteiger partial charge < -0.3 is 15.2 Å². The van der Waals surface area contributed by atoms with E-state index in [0.717, 1.165) is 30.5 Å². The number of carbonyl (C=O) groups is 1. The van der Waals surface area contributed by atoms with Gasteiger partial charge in [-0.1, -0.05) is 0 Å². The Morgan fingerprint density at radius 3 is 2.83 bits per heavy atom. The lowest BCUT2D eigenvalue weighted by Crippen LogP contribution is -2.41. The summed E-state index contributed by atoms with van der Waals surface area (Å²) < 4.78 is 7.59. The van der Waals surface area contributed by atoms with Gasteiger partial charge in [0.05, 0.1) is 23.5 Å². The first kappa shape index (κ1) is 16.5. The van der Waals surface area contributed by atoms with Crippen LogP contribution in [-0.2, 0) is 17.7 Å². The van der Waals surface area contributed by atoms with E-state index < -0.39 is 5.60 Å². The van der Waals surface area contributed by atoms with Crippen LogP contribution in [0.5, 0.6) is 0 Å². The van der Waals surface area contributed by atoms with Crippen molar-refractivity contribution in [2.45, 2.75) is 77.2 Å². The summed E-state index contributed by atoms with van der Waals surface area (Å²) in [6.45, 7) is 7.15. The summed E-state index contributed by atoms with van der Waals surface area (Å²) in [6, 6.07) is 0. The monoisotopic (exact) mass is 321 g/mol. The average Bonchev–Trinajstić information content (AvgIpc) is 2.84. The van der Waals surface area contributed by atoms with Crippen molar-refractivity contribution >= 4 is 5.91 Å². The molecular formula is C17H27N3O3. The number of nitrogens with one attached hydrogen (secondary N) is 1. The molecular weight excluding hydrogens is 294 g/mol. The molecule has 3 rings (SSSR count). The Morgan fingerprint density at radius 1 is 1.48 bits per heavy atom. The van der Waals surface area contributed by atoms with Crippen molar-refractivity contribution in [3.8, 4) is 0 Å². The SMILES string of the molecule is CCn1nc2c(c1C(=O)NCCC1(O)CCC1)C[C@H](C)O[C@@H]2C. The van der Waals surface area contributed by atoms with Gasteiger partial charge in [-0.2, -0.15) is 5.10 Å². The summed E-state index contributed by atoms with van der Waals surface area (Å²) in [6.07, 6.45) is 4.12. The summed E-state index contributed by atoms with van der Waals surface area (Å²) in [4.78, 5) is 12.7. The molecule has 23 heavy (non-hydrogen) atoms. The van der Waals surface area contributed by atoms with Gasteiger partial charge in [-0.15, -0.1) is 0 Å². The maximum absolute atomic E-state index is 12.7. The number of rotatable bonds is 5. The summed E-state index contributed by atoms with van der Waals surface area (Å²) in [5.74, 6) is -0.0928. The number of nitrogens with zero attached hydrogens (tertiary/aromatic N) is 2. The molecule has 0 radical (unpaired) electrons. The molecule has 0 unspecified atom stereocenters. The number of amides is 1. The van der Waals surface area contributed by atoms with E-state index in [1.807, 2.05) is 20.8 Å². The van der Waals surface area contributed by atoms with E-state index in [4.69, 9.17) is 4.74 Å². The second-order valence-electron chi connectivity index (χ2n) is 6.91. The molecule has 1 aliphatic heterocycles. The molecule has 1 aromatic heterocycles. The van der Waals surface area contributed by atoms with Crippen LogP contribution >= 0.6 is 0 Å². The lowest BCUT2D eigenvalue weighted by molar-refractivity contribution is -0.0390. The summed E-state index contributed by atoms with van der Waals surface area (Å²) in [5, 5.41) is 17.7. The molecule has 6 nitrogen and oxygen atoms in total. The molecule has 1 amide bonds. The van der Waals surface area contributed by atoms with Crippen LogP contribution in [0.15, 0.2) is 0 Å².